The Morgan fingerprint density at radius 2 is 2.00 bits per heavy atom. The molecule has 5 nitrogen and oxygen atoms in total. The van der Waals surface area contributed by atoms with Crippen molar-refractivity contribution in [2.75, 3.05) is 5.88 Å². The van der Waals surface area contributed by atoms with Crippen molar-refractivity contribution in [3.8, 4) is 0 Å². The van der Waals surface area contributed by atoms with Gasteiger partial charge in [-0.05, 0) is 44.5 Å². The number of fused-ring (bicyclic) bond motifs is 1. The molecule has 1 aromatic carbocycles. The Morgan fingerprint density at radius 1 is 1.32 bits per heavy atom. The Kier molecular flexibility index (Phi) is 4.80. The number of aliphatic hydroxyl groups is 2. The minimum Gasteiger partial charge on any atom is -0.443 e. The first kappa shape index (κ1) is 16.8. The summed E-state index contributed by atoms with van der Waals surface area (Å²) >= 11 is 5.55. The van der Waals surface area contributed by atoms with Gasteiger partial charge in [0.15, 0.2) is 0 Å². The van der Waals surface area contributed by atoms with E-state index in [0.717, 1.165) is 5.39 Å². The summed E-state index contributed by atoms with van der Waals surface area (Å²) in [7, 11) is 0. The van der Waals surface area contributed by atoms with Gasteiger partial charge in [-0.2, -0.15) is 0 Å². The van der Waals surface area contributed by atoms with E-state index in [1.165, 1.54) is 4.57 Å². The first-order valence-corrected chi connectivity index (χ1v) is 7.53. The molecular formula is C16H20ClNO4. The first-order chi connectivity index (χ1) is 10.2. The van der Waals surface area contributed by atoms with E-state index < -0.39 is 23.9 Å². The lowest BCUT2D eigenvalue weighted by Crippen LogP contribution is -2.26. The number of hydrogen-bond donors (Lipinski definition) is 2. The maximum Gasteiger partial charge on any atom is 0.418 e. The zero-order valence-electron chi connectivity index (χ0n) is 12.8. The lowest BCUT2D eigenvalue weighted by Gasteiger charge is -2.20. The maximum absolute atomic E-state index is 12.1. The van der Waals surface area contributed by atoms with Gasteiger partial charge in [0, 0.05) is 11.6 Å². The van der Waals surface area contributed by atoms with E-state index in [0.29, 0.717) is 11.1 Å². The first-order valence-electron chi connectivity index (χ1n) is 6.99. The number of carbonyl (C=O) groups excluding carboxylic acids is 1. The molecular weight excluding hydrogens is 306 g/mol. The van der Waals surface area contributed by atoms with Crippen LogP contribution in [-0.4, -0.2) is 38.5 Å². The predicted molar refractivity (Wildman–Crippen MR) is 85.3 cm³/mol. The Morgan fingerprint density at radius 3 is 2.59 bits per heavy atom. The smallest absolute Gasteiger partial charge is 0.418 e. The van der Waals surface area contributed by atoms with Crippen LogP contribution in [0.25, 0.3) is 10.9 Å². The van der Waals surface area contributed by atoms with E-state index in [4.69, 9.17) is 16.3 Å². The van der Waals surface area contributed by atoms with Crippen LogP contribution < -0.4 is 0 Å². The van der Waals surface area contributed by atoms with Gasteiger partial charge in [-0.15, -0.1) is 11.6 Å². The average Bonchev–Trinajstić information content (AvgIpc) is 2.86. The highest BCUT2D eigenvalue weighted by Gasteiger charge is 2.21. The second-order valence-corrected chi connectivity index (χ2v) is 6.46. The van der Waals surface area contributed by atoms with Crippen LogP contribution in [0.4, 0.5) is 4.79 Å². The number of ether oxygens (including phenoxy) is 1. The molecule has 0 aliphatic rings. The van der Waals surface area contributed by atoms with Crippen molar-refractivity contribution in [2.24, 2.45) is 0 Å². The molecule has 0 amide bonds. The molecule has 0 aliphatic carbocycles. The van der Waals surface area contributed by atoms with E-state index in [2.05, 4.69) is 0 Å². The van der Waals surface area contributed by atoms with Crippen LogP contribution in [-0.2, 0) is 4.74 Å². The molecule has 0 saturated carbocycles. The zero-order chi connectivity index (χ0) is 16.5. The van der Waals surface area contributed by atoms with Gasteiger partial charge in [0.1, 0.15) is 11.7 Å². The van der Waals surface area contributed by atoms with Crippen LogP contribution in [0.1, 0.15) is 32.4 Å². The van der Waals surface area contributed by atoms with Gasteiger partial charge in [-0.25, -0.2) is 4.79 Å². The predicted octanol–water partition coefficient (Wildman–Crippen LogP) is 3.06. The van der Waals surface area contributed by atoms with Crippen LogP contribution in [0, 0.1) is 0 Å². The number of alkyl halides is 1. The van der Waals surface area contributed by atoms with Crippen molar-refractivity contribution >= 4 is 28.6 Å². The number of benzene rings is 1. The van der Waals surface area contributed by atoms with Crippen molar-refractivity contribution < 1.29 is 19.7 Å². The zero-order valence-corrected chi connectivity index (χ0v) is 13.5. The summed E-state index contributed by atoms with van der Waals surface area (Å²) in [6.07, 6.45) is -0.942. The highest BCUT2D eigenvalue weighted by Crippen LogP contribution is 2.24. The fraction of sp³-hybridized carbons (Fsp3) is 0.438. The molecule has 0 spiro atoms. The standard InChI is InChI=1S/C16H20ClNO4/c1-16(2,3)22-15(21)18-7-6-10-8-11(4-5-12(10)18)14(20)13(19)9-17/h4-8,13-14,19-20H,9H2,1-3H3. The topological polar surface area (TPSA) is 71.7 Å². The lowest BCUT2D eigenvalue weighted by molar-refractivity contribution is 0.0328. The summed E-state index contributed by atoms with van der Waals surface area (Å²) in [5.41, 5.74) is 0.641. The molecule has 0 bridgehead atoms. The van der Waals surface area contributed by atoms with Gasteiger partial charge in [-0.1, -0.05) is 6.07 Å². The summed E-state index contributed by atoms with van der Waals surface area (Å²) in [6.45, 7) is 5.41. The largest absolute Gasteiger partial charge is 0.443 e. The third kappa shape index (κ3) is 3.61. The quantitative estimate of drug-likeness (QED) is 0.851. The van der Waals surface area contributed by atoms with Crippen molar-refractivity contribution in [3.05, 3.63) is 36.0 Å². The minimum absolute atomic E-state index is 0.0574. The van der Waals surface area contributed by atoms with Gasteiger partial charge in [-0.3, -0.25) is 4.57 Å². The van der Waals surface area contributed by atoms with E-state index >= 15 is 0 Å². The van der Waals surface area contributed by atoms with Crippen molar-refractivity contribution in [3.63, 3.8) is 0 Å². The molecule has 2 atom stereocenters. The van der Waals surface area contributed by atoms with Crippen LogP contribution >= 0.6 is 11.6 Å². The van der Waals surface area contributed by atoms with E-state index in [-0.39, 0.29) is 5.88 Å². The summed E-state index contributed by atoms with van der Waals surface area (Å²) in [5, 5.41) is 20.4. The maximum atomic E-state index is 12.1. The van der Waals surface area contributed by atoms with Crippen molar-refractivity contribution in [1.29, 1.82) is 0 Å². The van der Waals surface area contributed by atoms with Crippen molar-refractivity contribution in [2.45, 2.75) is 38.6 Å². The highest BCUT2D eigenvalue weighted by molar-refractivity contribution is 6.18. The summed E-state index contributed by atoms with van der Waals surface area (Å²) < 4.78 is 6.75. The lowest BCUT2D eigenvalue weighted by atomic mass is 10.0. The molecule has 0 fully saturated rings. The monoisotopic (exact) mass is 325 g/mol. The number of hydrogen-bond acceptors (Lipinski definition) is 4. The van der Waals surface area contributed by atoms with Crippen molar-refractivity contribution in [1.82, 2.24) is 4.57 Å². The third-order valence-corrected chi connectivity index (χ3v) is 3.48. The molecule has 22 heavy (non-hydrogen) atoms. The van der Waals surface area contributed by atoms with Gasteiger partial charge in [0.2, 0.25) is 0 Å². The average molecular weight is 326 g/mol. The minimum atomic E-state index is -1.06. The van der Waals surface area contributed by atoms with Crippen LogP contribution in [0.5, 0.6) is 0 Å². The molecule has 2 N–H and O–H groups in total. The molecule has 2 rings (SSSR count). The number of aromatic nitrogens is 1. The molecule has 2 aromatic rings. The Hall–Kier alpha value is -1.56. The third-order valence-electron chi connectivity index (χ3n) is 3.17. The molecule has 6 heteroatoms. The van der Waals surface area contributed by atoms with Crippen LogP contribution in [0.15, 0.2) is 30.5 Å². The molecule has 0 aliphatic heterocycles. The Balaban J connectivity index is 2.33. The van der Waals surface area contributed by atoms with E-state index in [1.807, 2.05) is 0 Å². The van der Waals surface area contributed by atoms with Gasteiger partial charge < -0.3 is 14.9 Å². The molecule has 1 heterocycles. The second-order valence-electron chi connectivity index (χ2n) is 6.15. The van der Waals surface area contributed by atoms with E-state index in [9.17, 15) is 15.0 Å². The number of rotatable bonds is 3. The molecule has 1 aromatic heterocycles. The fourth-order valence-corrected chi connectivity index (χ4v) is 2.29. The molecule has 120 valence electrons. The summed E-state index contributed by atoms with van der Waals surface area (Å²) in [4.78, 5) is 12.1. The number of halogens is 1. The SMILES string of the molecule is CC(C)(C)OC(=O)n1ccc2cc(C(O)C(O)CCl)ccc21. The Labute approximate surface area is 134 Å². The van der Waals surface area contributed by atoms with Gasteiger partial charge in [0.25, 0.3) is 0 Å². The number of carbonyl (C=O) groups is 1. The summed E-state index contributed by atoms with van der Waals surface area (Å²) in [6, 6.07) is 6.83. The normalized spacial score (nSPS) is 14.8. The van der Waals surface area contributed by atoms with Gasteiger partial charge >= 0.3 is 6.09 Å². The summed E-state index contributed by atoms with van der Waals surface area (Å²) in [5.74, 6) is -0.0574. The van der Waals surface area contributed by atoms with Gasteiger partial charge in [0.05, 0.1) is 17.5 Å². The molecule has 0 saturated heterocycles. The number of nitrogens with zero attached hydrogens (tertiary/aromatic N) is 1. The van der Waals surface area contributed by atoms with Crippen LogP contribution in [0.3, 0.4) is 0 Å². The fourth-order valence-electron chi connectivity index (χ4n) is 2.12. The Bertz CT molecular complexity index is 674. The number of aliphatic hydroxyl groups excluding tert-OH is 2. The molecule has 2 unspecified atom stereocenters. The van der Waals surface area contributed by atoms with E-state index in [1.54, 1.807) is 51.2 Å². The second kappa shape index (κ2) is 6.28. The molecule has 0 radical (unpaired) electrons. The van der Waals surface area contributed by atoms with Crippen LogP contribution in [0.2, 0.25) is 0 Å². The highest BCUT2D eigenvalue weighted by atomic mass is 35.5.